The Morgan fingerprint density at radius 3 is 2.51 bits per heavy atom. The van der Waals surface area contributed by atoms with Gasteiger partial charge >= 0.3 is 11.9 Å². The maximum atomic E-state index is 12.7. The van der Waals surface area contributed by atoms with Gasteiger partial charge in [-0.15, -0.1) is 0 Å². The van der Waals surface area contributed by atoms with Crippen molar-refractivity contribution in [1.82, 2.24) is 16.1 Å². The van der Waals surface area contributed by atoms with E-state index in [1.54, 1.807) is 50.2 Å². The lowest BCUT2D eigenvalue weighted by Crippen LogP contribution is -2.45. The molecule has 11 nitrogen and oxygen atoms in total. The molecule has 1 atom stereocenters. The number of ether oxygens (including phenoxy) is 3. The fourth-order valence-electron chi connectivity index (χ4n) is 3.54. The van der Waals surface area contributed by atoms with Crippen molar-refractivity contribution < 1.29 is 33.7 Å². The number of esters is 1. The summed E-state index contributed by atoms with van der Waals surface area (Å²) in [6, 6.07) is 9.86. The Labute approximate surface area is 257 Å². The highest BCUT2D eigenvalue weighted by atomic mass is 127. The van der Waals surface area contributed by atoms with Crippen LogP contribution in [0.2, 0.25) is 0 Å². The van der Waals surface area contributed by atoms with Crippen LogP contribution in [0.15, 0.2) is 52.8 Å². The number of nitrogens with one attached hydrogen (secondary N) is 3. The van der Waals surface area contributed by atoms with Crippen molar-refractivity contribution in [3.8, 4) is 11.5 Å². The Morgan fingerprint density at radius 2 is 1.85 bits per heavy atom. The van der Waals surface area contributed by atoms with Crippen molar-refractivity contribution in [2.24, 2.45) is 5.10 Å². The predicted octanol–water partition coefficient (Wildman–Crippen LogP) is 3.24. The van der Waals surface area contributed by atoms with Gasteiger partial charge in [0, 0.05) is 11.3 Å². The van der Waals surface area contributed by atoms with Crippen LogP contribution in [-0.4, -0.2) is 54.1 Å². The lowest BCUT2D eigenvalue weighted by molar-refractivity contribution is -0.140. The second-order valence-electron chi connectivity index (χ2n) is 7.91. The molecule has 0 fully saturated rings. The van der Waals surface area contributed by atoms with Crippen molar-refractivity contribution in [3.63, 3.8) is 0 Å². The topological polar surface area (TPSA) is 148 Å². The maximum Gasteiger partial charge on any atom is 0.341 e. The molecule has 1 aliphatic heterocycles. The quantitative estimate of drug-likeness (QED) is 0.0882. The first-order valence-corrected chi connectivity index (χ1v) is 14.0. The zero-order chi connectivity index (χ0) is 28.5. The molecule has 14 heteroatoms. The van der Waals surface area contributed by atoms with E-state index in [9.17, 15) is 14.4 Å². The van der Waals surface area contributed by atoms with E-state index >= 15 is 0 Å². The van der Waals surface area contributed by atoms with Gasteiger partial charge in [0.25, 0.3) is 5.91 Å². The third-order valence-corrected chi connectivity index (χ3v) is 6.94. The minimum absolute atomic E-state index is 0.215. The van der Waals surface area contributed by atoms with Crippen LogP contribution in [0.4, 0.5) is 0 Å². The van der Waals surface area contributed by atoms with E-state index in [1.165, 1.54) is 6.21 Å². The zero-order valence-electron chi connectivity index (χ0n) is 20.7. The third-order valence-electron chi connectivity index (χ3n) is 5.12. The van der Waals surface area contributed by atoms with Crippen LogP contribution in [0.5, 0.6) is 11.5 Å². The number of carboxylic acids is 1. The average molecular weight is 778 g/mol. The second kappa shape index (κ2) is 14.4. The second-order valence-corrected chi connectivity index (χ2v) is 10.6. The van der Waals surface area contributed by atoms with Gasteiger partial charge in [-0.2, -0.15) is 5.10 Å². The van der Waals surface area contributed by atoms with Crippen LogP contribution in [0.1, 0.15) is 31.0 Å². The van der Waals surface area contributed by atoms with Gasteiger partial charge in [0.05, 0.1) is 31.6 Å². The monoisotopic (exact) mass is 778 g/mol. The largest absolute Gasteiger partial charge is 0.483 e. The van der Waals surface area contributed by atoms with E-state index in [0.29, 0.717) is 46.1 Å². The van der Waals surface area contributed by atoms with Crippen LogP contribution < -0.4 is 25.5 Å². The number of rotatable bonds is 11. The van der Waals surface area contributed by atoms with Gasteiger partial charge in [0.2, 0.25) is 0 Å². The molecule has 0 bridgehead atoms. The minimum atomic E-state index is -1.07. The maximum absolute atomic E-state index is 12.7. The standard InChI is InChI=1S/C25H24I2N4O7S/c1-3-36-24(35)21-13(2)29-25(39)30-22(21)15-6-4-5-7-18(15)37-11-19(32)31-28-10-14-8-16(26)23(17(27)9-14)38-12-20(33)34/h4-10,22H,3,11-12H2,1-2H3,(H,31,32)(H,33,34)(H2,29,30,39)/t22-/m1/s1. The third kappa shape index (κ3) is 8.50. The molecule has 0 aromatic heterocycles. The summed E-state index contributed by atoms with van der Waals surface area (Å²) in [5, 5.41) is 19.2. The molecule has 0 radical (unpaired) electrons. The number of thiocarbonyl (C=S) groups is 1. The first kappa shape index (κ1) is 30.6. The molecular weight excluding hydrogens is 754 g/mol. The zero-order valence-corrected chi connectivity index (χ0v) is 25.9. The molecule has 0 spiro atoms. The molecule has 39 heavy (non-hydrogen) atoms. The van der Waals surface area contributed by atoms with Crippen molar-refractivity contribution >= 4 is 86.6 Å². The van der Waals surface area contributed by atoms with Gasteiger partial charge in [-0.05, 0) is 95.0 Å². The van der Waals surface area contributed by atoms with E-state index in [1.807, 2.05) is 45.2 Å². The number of carbonyl (C=O) groups is 3. The molecule has 0 saturated carbocycles. The van der Waals surface area contributed by atoms with Crippen molar-refractivity contribution in [3.05, 3.63) is 65.9 Å². The number of nitrogens with zero attached hydrogens (tertiary/aromatic N) is 1. The normalized spacial score (nSPS) is 14.9. The highest BCUT2D eigenvalue weighted by molar-refractivity contribution is 14.1. The first-order chi connectivity index (χ1) is 18.6. The molecule has 206 valence electrons. The van der Waals surface area contributed by atoms with Crippen LogP contribution in [0.3, 0.4) is 0 Å². The highest BCUT2D eigenvalue weighted by Crippen LogP contribution is 2.33. The molecular formula is C25H24I2N4O7S. The SMILES string of the molecule is CCOC(=O)C1=C(C)NC(=S)N[C@@H]1c1ccccc1OCC(=O)NN=Cc1cc(I)c(OCC(=O)O)c(I)c1. The number of hydrazone groups is 1. The van der Waals surface area contributed by atoms with Gasteiger partial charge in [-0.3, -0.25) is 4.79 Å². The molecule has 1 amide bonds. The highest BCUT2D eigenvalue weighted by Gasteiger charge is 2.32. The summed E-state index contributed by atoms with van der Waals surface area (Å²) >= 11 is 9.36. The average Bonchev–Trinajstić information content (AvgIpc) is 2.86. The summed E-state index contributed by atoms with van der Waals surface area (Å²) in [4.78, 5) is 35.9. The molecule has 2 aromatic carbocycles. The number of hydrogen-bond acceptors (Lipinski definition) is 8. The lowest BCUT2D eigenvalue weighted by atomic mass is 9.95. The first-order valence-electron chi connectivity index (χ1n) is 11.4. The van der Waals surface area contributed by atoms with Crippen molar-refractivity contribution in [2.75, 3.05) is 19.8 Å². The van der Waals surface area contributed by atoms with Gasteiger partial charge in [0.1, 0.15) is 11.5 Å². The Morgan fingerprint density at radius 1 is 1.15 bits per heavy atom. The Hall–Kier alpha value is -2.99. The van der Waals surface area contributed by atoms with Gasteiger partial charge in [-0.1, -0.05) is 18.2 Å². The summed E-state index contributed by atoms with van der Waals surface area (Å²) < 4.78 is 17.7. The van der Waals surface area contributed by atoms with Crippen LogP contribution >= 0.6 is 57.4 Å². The number of carboxylic acid groups (broad SMARTS) is 1. The number of benzene rings is 2. The van der Waals surface area contributed by atoms with E-state index < -0.39 is 30.5 Å². The number of para-hydroxylation sites is 1. The van der Waals surface area contributed by atoms with Crippen molar-refractivity contribution in [2.45, 2.75) is 19.9 Å². The van der Waals surface area contributed by atoms with Gasteiger partial charge < -0.3 is 30.0 Å². The summed E-state index contributed by atoms with van der Waals surface area (Å²) in [6.45, 7) is 2.90. The summed E-state index contributed by atoms with van der Waals surface area (Å²) in [7, 11) is 0. The number of hydrogen-bond donors (Lipinski definition) is 4. The predicted molar refractivity (Wildman–Crippen MR) is 164 cm³/mol. The Kier molecular flexibility index (Phi) is 11.3. The number of halogens is 2. The number of allylic oxidation sites excluding steroid dienone is 1. The fourth-order valence-corrected chi connectivity index (χ4v) is 5.94. The van der Waals surface area contributed by atoms with Crippen LogP contribution in [0, 0.1) is 7.14 Å². The van der Waals surface area contributed by atoms with E-state index in [-0.39, 0.29) is 13.2 Å². The number of carbonyl (C=O) groups excluding carboxylic acids is 2. The molecule has 0 aliphatic carbocycles. The molecule has 2 aromatic rings. The van der Waals surface area contributed by atoms with Gasteiger partial charge in [-0.25, -0.2) is 15.0 Å². The summed E-state index contributed by atoms with van der Waals surface area (Å²) in [5.74, 6) is -1.21. The lowest BCUT2D eigenvalue weighted by Gasteiger charge is -2.30. The molecule has 3 rings (SSSR count). The minimum Gasteiger partial charge on any atom is -0.483 e. The van der Waals surface area contributed by atoms with Crippen LogP contribution in [0.25, 0.3) is 0 Å². The van der Waals surface area contributed by atoms with Crippen LogP contribution in [-0.2, 0) is 19.1 Å². The molecule has 1 aliphatic rings. The summed E-state index contributed by atoms with van der Waals surface area (Å²) in [5.41, 5.74) is 4.62. The van der Waals surface area contributed by atoms with E-state index in [4.69, 9.17) is 31.5 Å². The number of amides is 1. The van der Waals surface area contributed by atoms with Crippen molar-refractivity contribution in [1.29, 1.82) is 0 Å². The molecule has 0 saturated heterocycles. The Bertz CT molecular complexity index is 1330. The summed E-state index contributed by atoms with van der Waals surface area (Å²) in [6.07, 6.45) is 1.45. The smallest absolute Gasteiger partial charge is 0.341 e. The van der Waals surface area contributed by atoms with E-state index in [2.05, 4.69) is 21.2 Å². The fraction of sp³-hybridized carbons (Fsp3) is 0.240. The van der Waals surface area contributed by atoms with Gasteiger partial charge in [0.15, 0.2) is 18.3 Å². The Balaban J connectivity index is 1.67. The van der Waals surface area contributed by atoms with E-state index in [0.717, 1.165) is 0 Å². The number of aliphatic carboxylic acids is 1. The molecule has 1 heterocycles. The molecule has 0 unspecified atom stereocenters. The molecule has 4 N–H and O–H groups in total.